The summed E-state index contributed by atoms with van der Waals surface area (Å²) in [4.78, 5) is 15.8. The molecule has 2 N–H and O–H groups in total. The lowest BCUT2D eigenvalue weighted by molar-refractivity contribution is 0.0930. The van der Waals surface area contributed by atoms with E-state index in [0.717, 1.165) is 30.4 Å². The third-order valence-electron chi connectivity index (χ3n) is 2.60. The fourth-order valence-electron chi connectivity index (χ4n) is 1.78. The minimum absolute atomic E-state index is 0.0532. The molecule has 1 aromatic rings. The number of nitrogens with zero attached hydrogens (tertiary/aromatic N) is 1. The number of hydrogen-bond donors (Lipinski definition) is 2. The summed E-state index contributed by atoms with van der Waals surface area (Å²) in [7, 11) is 0. The second-order valence-corrected chi connectivity index (χ2v) is 4.82. The van der Waals surface area contributed by atoms with Crippen LogP contribution in [-0.2, 0) is 0 Å². The van der Waals surface area contributed by atoms with E-state index in [4.69, 9.17) is 0 Å². The first-order valence-corrected chi connectivity index (χ1v) is 6.17. The van der Waals surface area contributed by atoms with Crippen molar-refractivity contribution >= 4 is 21.8 Å². The molecule has 2 heterocycles. The van der Waals surface area contributed by atoms with Crippen molar-refractivity contribution in [1.82, 2.24) is 15.6 Å². The number of carbonyl (C=O) groups excluding carboxylic acids is 1. The molecule has 16 heavy (non-hydrogen) atoms. The van der Waals surface area contributed by atoms with Crippen molar-refractivity contribution < 1.29 is 4.79 Å². The first kappa shape index (κ1) is 11.5. The fraction of sp³-hybridized carbons (Fsp3) is 0.455. The number of amides is 1. The summed E-state index contributed by atoms with van der Waals surface area (Å²) in [5.74, 6) is -0.0532. The highest BCUT2D eigenvalue weighted by atomic mass is 79.9. The van der Waals surface area contributed by atoms with Gasteiger partial charge in [-0.3, -0.25) is 9.78 Å². The van der Waals surface area contributed by atoms with Crippen molar-refractivity contribution in [3.05, 3.63) is 28.5 Å². The maximum Gasteiger partial charge on any atom is 0.253 e. The smallest absolute Gasteiger partial charge is 0.253 e. The summed E-state index contributed by atoms with van der Waals surface area (Å²) in [6.07, 6.45) is 5.40. The third-order valence-corrected chi connectivity index (χ3v) is 3.03. The van der Waals surface area contributed by atoms with E-state index in [2.05, 4.69) is 31.5 Å². The molecule has 5 heteroatoms. The molecule has 1 unspecified atom stereocenters. The Kier molecular flexibility index (Phi) is 3.90. The summed E-state index contributed by atoms with van der Waals surface area (Å²) in [6.45, 7) is 1.90. The molecule has 1 saturated heterocycles. The SMILES string of the molecule is O=C(NC1CCCNC1)c1cncc(Br)c1. The Balaban J connectivity index is 1.97. The van der Waals surface area contributed by atoms with Crippen LogP contribution in [0.2, 0.25) is 0 Å². The van der Waals surface area contributed by atoms with Gasteiger partial charge >= 0.3 is 0 Å². The molecular formula is C11H14BrN3O. The van der Waals surface area contributed by atoms with Gasteiger partial charge in [-0.25, -0.2) is 0 Å². The first-order valence-electron chi connectivity index (χ1n) is 5.38. The topological polar surface area (TPSA) is 54.0 Å². The minimum Gasteiger partial charge on any atom is -0.348 e. The number of aromatic nitrogens is 1. The van der Waals surface area contributed by atoms with Crippen LogP contribution < -0.4 is 10.6 Å². The molecule has 1 amide bonds. The van der Waals surface area contributed by atoms with Gasteiger partial charge in [-0.2, -0.15) is 0 Å². The molecule has 1 fully saturated rings. The maximum absolute atomic E-state index is 11.9. The second-order valence-electron chi connectivity index (χ2n) is 3.91. The number of halogens is 1. The maximum atomic E-state index is 11.9. The number of piperidine rings is 1. The Bertz CT molecular complexity index is 377. The Hall–Kier alpha value is -0.940. The molecule has 1 aliphatic heterocycles. The van der Waals surface area contributed by atoms with E-state index in [-0.39, 0.29) is 11.9 Å². The molecule has 4 nitrogen and oxygen atoms in total. The van der Waals surface area contributed by atoms with Gasteiger partial charge in [0.2, 0.25) is 0 Å². The van der Waals surface area contributed by atoms with Gasteiger partial charge < -0.3 is 10.6 Å². The molecule has 0 radical (unpaired) electrons. The summed E-state index contributed by atoms with van der Waals surface area (Å²) in [5.41, 5.74) is 0.597. The zero-order valence-electron chi connectivity index (χ0n) is 8.87. The zero-order valence-corrected chi connectivity index (χ0v) is 10.5. The van der Waals surface area contributed by atoms with Crippen LogP contribution in [0, 0.1) is 0 Å². The summed E-state index contributed by atoms with van der Waals surface area (Å²) in [5, 5.41) is 6.26. The van der Waals surface area contributed by atoms with E-state index in [0.29, 0.717) is 5.56 Å². The molecule has 1 aromatic heterocycles. The van der Waals surface area contributed by atoms with Crippen molar-refractivity contribution in [2.75, 3.05) is 13.1 Å². The van der Waals surface area contributed by atoms with Crippen molar-refractivity contribution in [3.63, 3.8) is 0 Å². The van der Waals surface area contributed by atoms with E-state index < -0.39 is 0 Å². The highest BCUT2D eigenvalue weighted by Crippen LogP contribution is 2.10. The van der Waals surface area contributed by atoms with Crippen molar-refractivity contribution in [3.8, 4) is 0 Å². The molecular weight excluding hydrogens is 270 g/mol. The number of nitrogens with one attached hydrogen (secondary N) is 2. The van der Waals surface area contributed by atoms with E-state index in [1.165, 1.54) is 0 Å². The molecule has 0 bridgehead atoms. The highest BCUT2D eigenvalue weighted by molar-refractivity contribution is 9.10. The van der Waals surface area contributed by atoms with Crippen LogP contribution in [0.3, 0.4) is 0 Å². The lowest BCUT2D eigenvalue weighted by atomic mass is 10.1. The van der Waals surface area contributed by atoms with E-state index in [1.807, 2.05) is 0 Å². The first-order chi connectivity index (χ1) is 7.75. The molecule has 0 aromatic carbocycles. The molecule has 1 atom stereocenters. The van der Waals surface area contributed by atoms with Crippen molar-refractivity contribution in [2.45, 2.75) is 18.9 Å². The van der Waals surface area contributed by atoms with Crippen LogP contribution >= 0.6 is 15.9 Å². The molecule has 0 saturated carbocycles. The van der Waals surface area contributed by atoms with Gasteiger partial charge in [0, 0.05) is 29.5 Å². The second kappa shape index (κ2) is 5.41. The van der Waals surface area contributed by atoms with Gasteiger partial charge in [0.15, 0.2) is 0 Å². The zero-order chi connectivity index (χ0) is 11.4. The average molecular weight is 284 g/mol. The van der Waals surface area contributed by atoms with Gasteiger partial charge in [-0.05, 0) is 41.4 Å². The Labute approximate surface area is 103 Å². The van der Waals surface area contributed by atoms with Crippen LogP contribution in [0.15, 0.2) is 22.9 Å². The van der Waals surface area contributed by atoms with Gasteiger partial charge in [0.1, 0.15) is 0 Å². The normalized spacial score (nSPS) is 20.4. The summed E-state index contributed by atoms with van der Waals surface area (Å²) >= 11 is 3.30. The average Bonchev–Trinajstić information content (AvgIpc) is 2.30. The van der Waals surface area contributed by atoms with Gasteiger partial charge in [0.25, 0.3) is 5.91 Å². The van der Waals surface area contributed by atoms with Crippen molar-refractivity contribution in [1.29, 1.82) is 0 Å². The largest absolute Gasteiger partial charge is 0.348 e. The molecule has 0 aliphatic carbocycles. The standard InChI is InChI=1S/C11H14BrN3O/c12-9-4-8(5-14-6-9)11(16)15-10-2-1-3-13-7-10/h4-6,10,13H,1-3,7H2,(H,15,16). The lowest BCUT2D eigenvalue weighted by Crippen LogP contribution is -2.45. The molecule has 0 spiro atoms. The fourth-order valence-corrected chi connectivity index (χ4v) is 2.14. The summed E-state index contributed by atoms with van der Waals surface area (Å²) in [6, 6.07) is 2.01. The van der Waals surface area contributed by atoms with Crippen LogP contribution in [0.5, 0.6) is 0 Å². The van der Waals surface area contributed by atoms with E-state index in [9.17, 15) is 4.79 Å². The van der Waals surface area contributed by atoms with Crippen LogP contribution in [0.1, 0.15) is 23.2 Å². The van der Waals surface area contributed by atoms with E-state index >= 15 is 0 Å². The third kappa shape index (κ3) is 3.02. The van der Waals surface area contributed by atoms with Gasteiger partial charge in [-0.1, -0.05) is 0 Å². The number of rotatable bonds is 2. The predicted molar refractivity (Wildman–Crippen MR) is 65.3 cm³/mol. The summed E-state index contributed by atoms with van der Waals surface area (Å²) < 4.78 is 0.821. The lowest BCUT2D eigenvalue weighted by Gasteiger charge is -2.23. The minimum atomic E-state index is -0.0532. The Morgan fingerprint density at radius 1 is 1.56 bits per heavy atom. The number of hydrogen-bond acceptors (Lipinski definition) is 3. The highest BCUT2D eigenvalue weighted by Gasteiger charge is 2.16. The van der Waals surface area contributed by atoms with Crippen LogP contribution in [0.4, 0.5) is 0 Å². The van der Waals surface area contributed by atoms with Crippen LogP contribution in [0.25, 0.3) is 0 Å². The van der Waals surface area contributed by atoms with Crippen LogP contribution in [-0.4, -0.2) is 30.0 Å². The van der Waals surface area contributed by atoms with E-state index in [1.54, 1.807) is 18.5 Å². The Morgan fingerprint density at radius 2 is 2.44 bits per heavy atom. The van der Waals surface area contributed by atoms with Crippen molar-refractivity contribution in [2.24, 2.45) is 0 Å². The molecule has 86 valence electrons. The Morgan fingerprint density at radius 3 is 3.12 bits per heavy atom. The number of carbonyl (C=O) groups is 1. The quantitative estimate of drug-likeness (QED) is 0.861. The predicted octanol–water partition coefficient (Wildman–Crippen LogP) is 1.33. The van der Waals surface area contributed by atoms with Gasteiger partial charge in [-0.15, -0.1) is 0 Å². The number of pyridine rings is 1. The molecule has 2 rings (SSSR count). The van der Waals surface area contributed by atoms with Gasteiger partial charge in [0.05, 0.1) is 5.56 Å². The molecule has 1 aliphatic rings. The monoisotopic (exact) mass is 283 g/mol.